The summed E-state index contributed by atoms with van der Waals surface area (Å²) in [6.07, 6.45) is 0. The number of benzene rings is 2. The minimum atomic E-state index is 0.837. The molecule has 0 atom stereocenters. The van der Waals surface area contributed by atoms with E-state index in [2.05, 4.69) is 10.2 Å². The molecule has 0 aliphatic rings. The molecule has 0 aliphatic heterocycles. The molecule has 0 heterocycles. The van der Waals surface area contributed by atoms with Crippen LogP contribution in [0.2, 0.25) is 0 Å². The van der Waals surface area contributed by atoms with Crippen molar-refractivity contribution in [2.75, 3.05) is 0 Å². The highest BCUT2D eigenvalue weighted by atomic mass is 28.1. The molecular formula is C12H9OSi. The van der Waals surface area contributed by atoms with Gasteiger partial charge in [-0.15, -0.1) is 0 Å². The standard InChI is InChI=1S/C12H9OSi/c14-12-8-4-7-11(9-12)13-10-5-2-1-3-6-10/h1-9H. The van der Waals surface area contributed by atoms with Gasteiger partial charge in [0.15, 0.2) is 0 Å². The van der Waals surface area contributed by atoms with Gasteiger partial charge in [0.05, 0.1) is 10.2 Å². The smallest absolute Gasteiger partial charge is 0.127 e. The molecule has 0 unspecified atom stereocenters. The van der Waals surface area contributed by atoms with Crippen LogP contribution in [-0.2, 0) is 0 Å². The maximum Gasteiger partial charge on any atom is 0.127 e. The third kappa shape index (κ3) is 2.23. The average Bonchev–Trinajstić information content (AvgIpc) is 2.19. The second-order valence-corrected chi connectivity index (χ2v) is 3.52. The predicted molar refractivity (Wildman–Crippen MR) is 58.3 cm³/mol. The van der Waals surface area contributed by atoms with Gasteiger partial charge in [0.1, 0.15) is 11.5 Å². The zero-order chi connectivity index (χ0) is 9.80. The van der Waals surface area contributed by atoms with Crippen LogP contribution >= 0.6 is 0 Å². The molecular weight excluding hydrogens is 188 g/mol. The third-order valence-electron chi connectivity index (χ3n) is 1.81. The molecule has 0 aliphatic carbocycles. The molecule has 0 N–H and O–H groups in total. The van der Waals surface area contributed by atoms with Crippen LogP contribution in [0.3, 0.4) is 0 Å². The Hall–Kier alpha value is -1.54. The molecule has 2 heteroatoms. The van der Waals surface area contributed by atoms with Gasteiger partial charge in [-0.25, -0.2) is 0 Å². The van der Waals surface area contributed by atoms with Crippen LogP contribution in [0.4, 0.5) is 0 Å². The Labute approximate surface area is 86.8 Å². The van der Waals surface area contributed by atoms with Crippen LogP contribution in [0, 0.1) is 0 Å². The average molecular weight is 197 g/mol. The molecule has 2 aromatic carbocycles. The summed E-state index contributed by atoms with van der Waals surface area (Å²) in [6.45, 7) is 0. The summed E-state index contributed by atoms with van der Waals surface area (Å²) in [7, 11) is 3.45. The van der Waals surface area contributed by atoms with E-state index < -0.39 is 0 Å². The minimum absolute atomic E-state index is 0.837. The lowest BCUT2D eigenvalue weighted by atomic mass is 10.3. The Kier molecular flexibility index (Phi) is 2.65. The fourth-order valence-electron chi connectivity index (χ4n) is 1.18. The molecule has 0 saturated heterocycles. The molecule has 0 amide bonds. The van der Waals surface area contributed by atoms with Gasteiger partial charge in [-0.1, -0.05) is 35.5 Å². The van der Waals surface area contributed by atoms with Gasteiger partial charge >= 0.3 is 0 Å². The molecule has 14 heavy (non-hydrogen) atoms. The molecule has 3 radical (unpaired) electrons. The van der Waals surface area contributed by atoms with Gasteiger partial charge in [0.2, 0.25) is 0 Å². The highest BCUT2D eigenvalue weighted by molar-refractivity contribution is 6.32. The van der Waals surface area contributed by atoms with Gasteiger partial charge in [0, 0.05) is 0 Å². The van der Waals surface area contributed by atoms with Crippen molar-refractivity contribution in [2.24, 2.45) is 0 Å². The molecule has 67 valence electrons. The van der Waals surface area contributed by atoms with Crippen molar-refractivity contribution >= 4 is 15.4 Å². The molecule has 0 bridgehead atoms. The summed E-state index contributed by atoms with van der Waals surface area (Å²) in [6, 6.07) is 17.5. The lowest BCUT2D eigenvalue weighted by molar-refractivity contribution is 0.483. The van der Waals surface area contributed by atoms with Gasteiger partial charge in [-0.2, -0.15) is 0 Å². The van der Waals surface area contributed by atoms with E-state index in [0.29, 0.717) is 0 Å². The largest absolute Gasteiger partial charge is 0.457 e. The number of rotatable bonds is 2. The summed E-state index contributed by atoms with van der Waals surface area (Å²) >= 11 is 0. The van der Waals surface area contributed by atoms with Crippen molar-refractivity contribution in [3.8, 4) is 11.5 Å². The summed E-state index contributed by atoms with van der Waals surface area (Å²) in [5.74, 6) is 1.69. The van der Waals surface area contributed by atoms with Crippen LogP contribution in [0.25, 0.3) is 0 Å². The summed E-state index contributed by atoms with van der Waals surface area (Å²) in [5.41, 5.74) is 0. The van der Waals surface area contributed by atoms with Crippen LogP contribution < -0.4 is 9.92 Å². The second kappa shape index (κ2) is 4.11. The first-order valence-electron chi connectivity index (χ1n) is 4.39. The summed E-state index contributed by atoms with van der Waals surface area (Å²) in [4.78, 5) is 0. The van der Waals surface area contributed by atoms with E-state index in [1.807, 2.05) is 54.6 Å². The minimum Gasteiger partial charge on any atom is -0.457 e. The third-order valence-corrected chi connectivity index (χ3v) is 2.12. The van der Waals surface area contributed by atoms with E-state index in [9.17, 15) is 0 Å². The summed E-state index contributed by atoms with van der Waals surface area (Å²) in [5, 5.41) is 1.01. The Morgan fingerprint density at radius 2 is 1.50 bits per heavy atom. The van der Waals surface area contributed by atoms with E-state index in [1.165, 1.54) is 0 Å². The van der Waals surface area contributed by atoms with Crippen LogP contribution in [0.5, 0.6) is 11.5 Å². The van der Waals surface area contributed by atoms with Crippen molar-refractivity contribution in [3.05, 3.63) is 54.6 Å². The molecule has 2 rings (SSSR count). The van der Waals surface area contributed by atoms with Crippen LogP contribution in [0.15, 0.2) is 54.6 Å². The van der Waals surface area contributed by atoms with Crippen LogP contribution in [0.1, 0.15) is 0 Å². The van der Waals surface area contributed by atoms with E-state index >= 15 is 0 Å². The molecule has 0 fully saturated rings. The van der Waals surface area contributed by atoms with E-state index in [0.717, 1.165) is 16.7 Å². The fraction of sp³-hybridized carbons (Fsp3) is 0. The van der Waals surface area contributed by atoms with Crippen molar-refractivity contribution in [2.45, 2.75) is 0 Å². The van der Waals surface area contributed by atoms with Crippen molar-refractivity contribution < 1.29 is 4.74 Å². The molecule has 0 saturated carbocycles. The quantitative estimate of drug-likeness (QED) is 0.671. The lowest BCUT2D eigenvalue weighted by Gasteiger charge is -2.05. The topological polar surface area (TPSA) is 9.23 Å². The van der Waals surface area contributed by atoms with Gasteiger partial charge in [-0.05, 0) is 24.3 Å². The highest BCUT2D eigenvalue weighted by Crippen LogP contribution is 2.18. The van der Waals surface area contributed by atoms with E-state index in [1.54, 1.807) is 0 Å². The van der Waals surface area contributed by atoms with Crippen LogP contribution in [-0.4, -0.2) is 10.2 Å². The number of hydrogen-bond acceptors (Lipinski definition) is 1. The monoisotopic (exact) mass is 197 g/mol. The molecule has 1 nitrogen and oxygen atoms in total. The molecule has 0 aromatic heterocycles. The zero-order valence-electron chi connectivity index (χ0n) is 7.60. The number of ether oxygens (including phenoxy) is 1. The van der Waals surface area contributed by atoms with Gasteiger partial charge < -0.3 is 4.74 Å². The Morgan fingerprint density at radius 1 is 0.786 bits per heavy atom. The summed E-state index contributed by atoms with van der Waals surface area (Å²) < 4.78 is 5.63. The zero-order valence-corrected chi connectivity index (χ0v) is 8.60. The second-order valence-electron chi connectivity index (χ2n) is 2.94. The van der Waals surface area contributed by atoms with Gasteiger partial charge in [0.25, 0.3) is 0 Å². The van der Waals surface area contributed by atoms with Gasteiger partial charge in [-0.3, -0.25) is 0 Å². The molecule has 2 aromatic rings. The first kappa shape index (κ1) is 9.03. The Morgan fingerprint density at radius 3 is 2.21 bits per heavy atom. The maximum absolute atomic E-state index is 5.63. The first-order valence-corrected chi connectivity index (χ1v) is 4.89. The molecule has 0 spiro atoms. The fourth-order valence-corrected chi connectivity index (χ4v) is 1.42. The van der Waals surface area contributed by atoms with Crippen molar-refractivity contribution in [1.29, 1.82) is 0 Å². The van der Waals surface area contributed by atoms with Crippen molar-refractivity contribution in [3.63, 3.8) is 0 Å². The highest BCUT2D eigenvalue weighted by Gasteiger charge is 1.95. The first-order chi connectivity index (χ1) is 6.84. The van der Waals surface area contributed by atoms with Crippen molar-refractivity contribution in [1.82, 2.24) is 0 Å². The number of para-hydroxylation sites is 1. The lowest BCUT2D eigenvalue weighted by Crippen LogP contribution is -2.00. The van der Waals surface area contributed by atoms with E-state index in [4.69, 9.17) is 4.74 Å². The Balaban J connectivity index is 2.19. The number of hydrogen-bond donors (Lipinski definition) is 0. The SMILES string of the molecule is [Si]c1cccc(Oc2ccccc2)c1. The van der Waals surface area contributed by atoms with E-state index in [-0.39, 0.29) is 0 Å². The predicted octanol–water partition coefficient (Wildman–Crippen LogP) is 2.27. The Bertz CT molecular complexity index is 412. The maximum atomic E-state index is 5.63. The normalized spacial score (nSPS) is 9.79.